The third-order valence-electron chi connectivity index (χ3n) is 4.39. The molecule has 0 saturated carbocycles. The zero-order valence-electron chi connectivity index (χ0n) is 16.8. The summed E-state index contributed by atoms with van der Waals surface area (Å²) in [7, 11) is 2.80. The van der Waals surface area contributed by atoms with Crippen LogP contribution in [0.15, 0.2) is 30.3 Å². The molecule has 0 aromatic heterocycles. The summed E-state index contributed by atoms with van der Waals surface area (Å²) in [5.74, 6) is -1.44. The van der Waals surface area contributed by atoms with Crippen molar-refractivity contribution in [1.29, 1.82) is 0 Å². The molecule has 0 radical (unpaired) electrons. The molecule has 1 aliphatic heterocycles. The van der Waals surface area contributed by atoms with Gasteiger partial charge < -0.3 is 28.8 Å². The van der Waals surface area contributed by atoms with Crippen LogP contribution < -0.4 is 18.9 Å². The Morgan fingerprint density at radius 1 is 1.00 bits per heavy atom. The first kappa shape index (κ1) is 21.0. The second-order valence-corrected chi connectivity index (χ2v) is 6.46. The van der Waals surface area contributed by atoms with Crippen molar-refractivity contribution in [2.45, 2.75) is 26.1 Å². The van der Waals surface area contributed by atoms with Gasteiger partial charge in [-0.3, -0.25) is 14.4 Å². The fourth-order valence-electron chi connectivity index (χ4n) is 3.15. The van der Waals surface area contributed by atoms with Gasteiger partial charge in [-0.05, 0) is 12.1 Å². The lowest BCUT2D eigenvalue weighted by atomic mass is 9.92. The molecule has 30 heavy (non-hydrogen) atoms. The molecule has 1 N–H and O–H groups in total. The summed E-state index contributed by atoms with van der Waals surface area (Å²) in [5, 5.41) is 10.3. The fourth-order valence-corrected chi connectivity index (χ4v) is 3.15. The molecule has 0 aliphatic carbocycles. The van der Waals surface area contributed by atoms with Gasteiger partial charge in [-0.1, -0.05) is 6.07 Å². The first-order valence-electron chi connectivity index (χ1n) is 8.90. The Morgan fingerprint density at radius 3 is 2.33 bits per heavy atom. The summed E-state index contributed by atoms with van der Waals surface area (Å²) in [6, 6.07) is 7.27. The van der Waals surface area contributed by atoms with Gasteiger partial charge >= 0.3 is 11.9 Å². The monoisotopic (exact) mass is 416 g/mol. The summed E-state index contributed by atoms with van der Waals surface area (Å²) in [6.45, 7) is 2.42. The maximum absolute atomic E-state index is 13.1. The number of ether oxygens (including phenoxy) is 5. The highest BCUT2D eigenvalue weighted by molar-refractivity contribution is 6.06. The maximum Gasteiger partial charge on any atom is 0.308 e. The molecule has 9 heteroatoms. The highest BCUT2D eigenvalue weighted by atomic mass is 16.6. The van der Waals surface area contributed by atoms with Gasteiger partial charge in [0.25, 0.3) is 0 Å². The Morgan fingerprint density at radius 2 is 1.73 bits per heavy atom. The topological polar surface area (TPSA) is 118 Å². The average molecular weight is 416 g/mol. The van der Waals surface area contributed by atoms with Crippen molar-refractivity contribution in [2.75, 3.05) is 14.2 Å². The minimum absolute atomic E-state index is 0.0771. The molecule has 0 amide bonds. The number of Topliss-reactive ketones (excluding diaryl/α,β-unsaturated/α-hetero) is 1. The van der Waals surface area contributed by atoms with Gasteiger partial charge in [-0.2, -0.15) is 0 Å². The quantitative estimate of drug-likeness (QED) is 0.579. The van der Waals surface area contributed by atoms with Gasteiger partial charge in [0.1, 0.15) is 22.8 Å². The number of methoxy groups -OCH3 is 2. The van der Waals surface area contributed by atoms with Gasteiger partial charge in [0.15, 0.2) is 17.6 Å². The van der Waals surface area contributed by atoms with E-state index in [2.05, 4.69) is 0 Å². The van der Waals surface area contributed by atoms with Gasteiger partial charge in [0.05, 0.1) is 14.2 Å². The molecule has 3 rings (SSSR count). The van der Waals surface area contributed by atoms with Crippen LogP contribution in [0.4, 0.5) is 0 Å². The normalized spacial score (nSPS) is 17.4. The minimum Gasteiger partial charge on any atom is -0.507 e. The molecule has 2 aromatic rings. The molecule has 1 aliphatic rings. The number of hydrogen-bond donors (Lipinski definition) is 1. The van der Waals surface area contributed by atoms with Crippen molar-refractivity contribution in [3.8, 4) is 28.7 Å². The Bertz CT molecular complexity index is 1010. The van der Waals surface area contributed by atoms with Crippen LogP contribution in [0.1, 0.15) is 35.9 Å². The van der Waals surface area contributed by atoms with E-state index in [0.717, 1.165) is 6.92 Å². The molecule has 0 unspecified atom stereocenters. The first-order chi connectivity index (χ1) is 14.2. The zero-order chi connectivity index (χ0) is 22.0. The molecule has 2 atom stereocenters. The number of ketones is 1. The van der Waals surface area contributed by atoms with E-state index in [1.807, 2.05) is 0 Å². The van der Waals surface area contributed by atoms with E-state index in [4.69, 9.17) is 23.7 Å². The molecular formula is C21H20O9. The van der Waals surface area contributed by atoms with E-state index in [9.17, 15) is 19.5 Å². The van der Waals surface area contributed by atoms with Crippen molar-refractivity contribution < 1.29 is 43.2 Å². The second kappa shape index (κ2) is 8.32. The third-order valence-corrected chi connectivity index (χ3v) is 4.39. The highest BCUT2D eigenvalue weighted by Gasteiger charge is 2.43. The van der Waals surface area contributed by atoms with Crippen LogP contribution in [0.5, 0.6) is 28.7 Å². The van der Waals surface area contributed by atoms with Gasteiger partial charge in [0.2, 0.25) is 11.9 Å². The summed E-state index contributed by atoms with van der Waals surface area (Å²) in [4.78, 5) is 36.0. The van der Waals surface area contributed by atoms with Gasteiger partial charge in [0, 0.05) is 31.5 Å². The summed E-state index contributed by atoms with van der Waals surface area (Å²) >= 11 is 0. The molecule has 1 heterocycles. The Balaban J connectivity index is 2.10. The Kier molecular flexibility index (Phi) is 5.81. The maximum atomic E-state index is 13.1. The largest absolute Gasteiger partial charge is 0.507 e. The smallest absolute Gasteiger partial charge is 0.308 e. The standard InChI is InChI=1S/C21H20O9/c1-10(22)28-15-6-5-12(7-16(15)27-4)20-21(29-11(2)23)19(25)18-14(24)8-13(26-3)9-17(18)30-20/h5-9,20-21,24H,1-4H3/t20-,21+/m0/s1. The number of benzene rings is 2. The molecule has 158 valence electrons. The van der Waals surface area contributed by atoms with Gasteiger partial charge in [-0.25, -0.2) is 0 Å². The van der Waals surface area contributed by atoms with Gasteiger partial charge in [-0.15, -0.1) is 0 Å². The zero-order valence-corrected chi connectivity index (χ0v) is 16.8. The van der Waals surface area contributed by atoms with Crippen LogP contribution in [0.2, 0.25) is 0 Å². The molecule has 0 bridgehead atoms. The van der Waals surface area contributed by atoms with Crippen molar-refractivity contribution in [1.82, 2.24) is 0 Å². The lowest BCUT2D eigenvalue weighted by molar-refractivity contribution is -0.149. The average Bonchev–Trinajstić information content (AvgIpc) is 2.69. The van der Waals surface area contributed by atoms with Crippen molar-refractivity contribution in [3.63, 3.8) is 0 Å². The molecular weight excluding hydrogens is 396 g/mol. The fraction of sp³-hybridized carbons (Fsp3) is 0.286. The second-order valence-electron chi connectivity index (χ2n) is 6.46. The van der Waals surface area contributed by atoms with E-state index < -0.39 is 29.9 Å². The van der Waals surface area contributed by atoms with E-state index in [0.29, 0.717) is 5.56 Å². The molecule has 0 spiro atoms. The Hall–Kier alpha value is -3.75. The third kappa shape index (κ3) is 4.00. The number of aromatic hydroxyl groups is 1. The Labute approximate surface area is 172 Å². The summed E-state index contributed by atoms with van der Waals surface area (Å²) < 4.78 is 26.6. The number of carbonyl (C=O) groups excluding carboxylic acids is 3. The number of hydrogen-bond acceptors (Lipinski definition) is 9. The van der Waals surface area contributed by atoms with E-state index in [1.165, 1.54) is 45.4 Å². The highest BCUT2D eigenvalue weighted by Crippen LogP contribution is 2.44. The van der Waals surface area contributed by atoms with Crippen molar-refractivity contribution in [2.24, 2.45) is 0 Å². The van der Waals surface area contributed by atoms with Crippen LogP contribution >= 0.6 is 0 Å². The van der Waals surface area contributed by atoms with Crippen LogP contribution in [0, 0.1) is 0 Å². The summed E-state index contributed by atoms with van der Waals surface area (Å²) in [6.07, 6.45) is -2.39. The van der Waals surface area contributed by atoms with E-state index in [-0.39, 0.29) is 34.3 Å². The number of phenolic OH excluding ortho intramolecular Hbond substituents is 1. The predicted octanol–water partition coefficient (Wildman–Crippen LogP) is 2.58. The molecule has 9 nitrogen and oxygen atoms in total. The van der Waals surface area contributed by atoms with Crippen molar-refractivity contribution in [3.05, 3.63) is 41.5 Å². The number of fused-ring (bicyclic) bond motifs is 1. The first-order valence-corrected chi connectivity index (χ1v) is 8.90. The SMILES string of the molecule is COc1cc(O)c2c(c1)O[C@@H](c1ccc(OC(C)=O)c(OC)c1)[C@H](OC(C)=O)C2=O. The number of esters is 2. The van der Waals surface area contributed by atoms with Crippen LogP contribution in [-0.4, -0.2) is 43.2 Å². The lowest BCUT2D eigenvalue weighted by Crippen LogP contribution is -2.39. The lowest BCUT2D eigenvalue weighted by Gasteiger charge is -2.32. The van der Waals surface area contributed by atoms with E-state index >= 15 is 0 Å². The van der Waals surface area contributed by atoms with Crippen molar-refractivity contribution >= 4 is 17.7 Å². The number of carbonyl (C=O) groups is 3. The van der Waals surface area contributed by atoms with E-state index in [1.54, 1.807) is 6.07 Å². The predicted molar refractivity (Wildman–Crippen MR) is 102 cm³/mol. The van der Waals surface area contributed by atoms with Crippen LogP contribution in [0.25, 0.3) is 0 Å². The number of rotatable bonds is 5. The van der Waals surface area contributed by atoms with Crippen LogP contribution in [0.3, 0.4) is 0 Å². The molecule has 0 fully saturated rings. The summed E-state index contributed by atoms with van der Waals surface area (Å²) in [5.41, 5.74) is 0.317. The number of phenols is 1. The van der Waals surface area contributed by atoms with Crippen LogP contribution in [-0.2, 0) is 14.3 Å². The molecule has 0 saturated heterocycles. The molecule has 2 aromatic carbocycles. The minimum atomic E-state index is -1.35.